The number of piperidine rings is 1. The number of benzene rings is 1. The van der Waals surface area contributed by atoms with Gasteiger partial charge in [0.2, 0.25) is 5.91 Å². The van der Waals surface area contributed by atoms with Crippen molar-refractivity contribution in [2.24, 2.45) is 5.92 Å². The fraction of sp³-hybridized carbons (Fsp3) is 0.526. The average Bonchev–Trinajstić information content (AvgIpc) is 2.70. The first-order valence-electron chi connectivity index (χ1n) is 8.61. The molecule has 2 rings (SSSR count). The number of likely N-dealkylation sites (tertiary alicyclic amines) is 1. The maximum absolute atomic E-state index is 12.8. The van der Waals surface area contributed by atoms with Crippen molar-refractivity contribution in [3.63, 3.8) is 0 Å². The number of Topliss-reactive ketones (excluding diaryl/α,β-unsaturated/α-hetero) is 1. The number of ether oxygens (including phenoxy) is 3. The summed E-state index contributed by atoms with van der Waals surface area (Å²) < 4.78 is 15.0. The van der Waals surface area contributed by atoms with Crippen molar-refractivity contribution in [2.75, 3.05) is 34.4 Å². The Labute approximate surface area is 153 Å². The van der Waals surface area contributed by atoms with Crippen LogP contribution >= 0.6 is 0 Å². The fourth-order valence-electron chi connectivity index (χ4n) is 3.11. The minimum absolute atomic E-state index is 0.0172. The van der Waals surface area contributed by atoms with Crippen LogP contribution in [-0.2, 0) is 14.3 Å². The molecule has 0 radical (unpaired) electrons. The van der Waals surface area contributed by atoms with Gasteiger partial charge >= 0.3 is 5.97 Å². The second kappa shape index (κ2) is 9.22. The molecule has 0 aromatic heterocycles. The van der Waals surface area contributed by atoms with E-state index in [0.717, 1.165) is 12.8 Å². The van der Waals surface area contributed by atoms with E-state index in [0.29, 0.717) is 30.2 Å². The maximum atomic E-state index is 12.8. The molecule has 1 fully saturated rings. The summed E-state index contributed by atoms with van der Waals surface area (Å²) in [4.78, 5) is 38.0. The van der Waals surface area contributed by atoms with Crippen molar-refractivity contribution in [1.82, 2.24) is 4.90 Å². The van der Waals surface area contributed by atoms with Crippen LogP contribution in [0.15, 0.2) is 18.2 Å². The Bertz CT molecular complexity index is 672. The number of hydrogen-bond donors (Lipinski definition) is 0. The van der Waals surface area contributed by atoms with E-state index < -0.39 is 5.97 Å². The molecule has 7 heteroatoms. The van der Waals surface area contributed by atoms with Crippen molar-refractivity contribution in [1.29, 1.82) is 0 Å². The molecule has 26 heavy (non-hydrogen) atoms. The second-order valence-electron chi connectivity index (χ2n) is 6.19. The van der Waals surface area contributed by atoms with Gasteiger partial charge in [0.1, 0.15) is 0 Å². The second-order valence-corrected chi connectivity index (χ2v) is 6.19. The predicted molar refractivity (Wildman–Crippen MR) is 94.4 cm³/mol. The van der Waals surface area contributed by atoms with Gasteiger partial charge in [0.15, 0.2) is 17.3 Å². The molecule has 0 N–H and O–H groups in total. The first-order valence-corrected chi connectivity index (χ1v) is 8.61. The number of methoxy groups -OCH3 is 3. The van der Waals surface area contributed by atoms with Crippen LogP contribution in [-0.4, -0.2) is 57.0 Å². The smallest absolute Gasteiger partial charge is 0.306 e. The Kier molecular flexibility index (Phi) is 7.00. The van der Waals surface area contributed by atoms with Crippen molar-refractivity contribution in [2.45, 2.75) is 25.7 Å². The molecule has 1 atom stereocenters. The first-order chi connectivity index (χ1) is 12.5. The quantitative estimate of drug-likeness (QED) is 0.545. The molecule has 1 aromatic carbocycles. The molecule has 1 heterocycles. The van der Waals surface area contributed by atoms with Gasteiger partial charge < -0.3 is 19.1 Å². The third kappa shape index (κ3) is 4.74. The highest BCUT2D eigenvalue weighted by atomic mass is 16.5. The minimum Gasteiger partial charge on any atom is -0.493 e. The number of nitrogens with zero attached hydrogens (tertiary/aromatic N) is 1. The molecule has 0 saturated carbocycles. The van der Waals surface area contributed by atoms with Crippen molar-refractivity contribution < 1.29 is 28.6 Å². The lowest BCUT2D eigenvalue weighted by Gasteiger charge is -2.32. The van der Waals surface area contributed by atoms with E-state index in [1.807, 2.05) is 0 Å². The molecule has 1 aliphatic heterocycles. The zero-order chi connectivity index (χ0) is 19.1. The molecule has 0 spiro atoms. The largest absolute Gasteiger partial charge is 0.493 e. The van der Waals surface area contributed by atoms with E-state index in [1.54, 1.807) is 23.1 Å². The lowest BCUT2D eigenvalue weighted by molar-refractivity contribution is -0.144. The summed E-state index contributed by atoms with van der Waals surface area (Å²) in [6.07, 6.45) is 1.64. The summed E-state index contributed by atoms with van der Waals surface area (Å²) in [7, 11) is 4.36. The highest BCUT2D eigenvalue weighted by Crippen LogP contribution is 2.30. The van der Waals surface area contributed by atoms with Gasteiger partial charge in [-0.3, -0.25) is 14.4 Å². The molecule has 1 unspecified atom stereocenters. The number of rotatable bonds is 7. The van der Waals surface area contributed by atoms with Gasteiger partial charge in [-0.25, -0.2) is 0 Å². The van der Waals surface area contributed by atoms with Crippen LogP contribution in [0.1, 0.15) is 36.0 Å². The molecule has 1 aliphatic rings. The van der Waals surface area contributed by atoms with Gasteiger partial charge in [0.25, 0.3) is 0 Å². The van der Waals surface area contributed by atoms with Crippen LogP contribution < -0.4 is 9.47 Å². The maximum Gasteiger partial charge on any atom is 0.306 e. The zero-order valence-electron chi connectivity index (χ0n) is 15.4. The van der Waals surface area contributed by atoms with Gasteiger partial charge in [-0.2, -0.15) is 0 Å². The Morgan fingerprint density at radius 2 is 1.81 bits per heavy atom. The van der Waals surface area contributed by atoms with Crippen LogP contribution in [0.2, 0.25) is 0 Å². The van der Waals surface area contributed by atoms with E-state index in [1.165, 1.54) is 21.3 Å². The van der Waals surface area contributed by atoms with Crippen LogP contribution in [0.5, 0.6) is 11.5 Å². The number of carbonyl (C=O) groups is 3. The summed E-state index contributed by atoms with van der Waals surface area (Å²) in [6, 6.07) is 5.08. The van der Waals surface area contributed by atoms with E-state index >= 15 is 0 Å². The number of amides is 1. The summed E-state index contributed by atoms with van der Waals surface area (Å²) in [5, 5.41) is 0. The zero-order valence-corrected chi connectivity index (χ0v) is 15.4. The average molecular weight is 363 g/mol. The first kappa shape index (κ1) is 19.8. The number of carbonyl (C=O) groups excluding carboxylic acids is 3. The SMILES string of the molecule is COC(=O)CCC(=O)N1CCCC(C(=O)c2ccc(OC)c(OC)c2)C1. The Balaban J connectivity index is 2.03. The fourth-order valence-corrected chi connectivity index (χ4v) is 3.11. The van der Waals surface area contributed by atoms with E-state index in [-0.39, 0.29) is 30.4 Å². The third-order valence-electron chi connectivity index (χ3n) is 4.58. The van der Waals surface area contributed by atoms with E-state index in [4.69, 9.17) is 9.47 Å². The molecule has 1 saturated heterocycles. The van der Waals surface area contributed by atoms with Gasteiger partial charge in [0.05, 0.1) is 27.8 Å². The monoisotopic (exact) mass is 363 g/mol. The Hall–Kier alpha value is -2.57. The molecule has 1 amide bonds. The van der Waals surface area contributed by atoms with Gasteiger partial charge in [-0.05, 0) is 31.0 Å². The van der Waals surface area contributed by atoms with E-state index in [2.05, 4.69) is 4.74 Å². The van der Waals surface area contributed by atoms with Gasteiger partial charge in [-0.15, -0.1) is 0 Å². The van der Waals surface area contributed by atoms with Crippen molar-refractivity contribution >= 4 is 17.7 Å². The van der Waals surface area contributed by atoms with Crippen LogP contribution in [0, 0.1) is 5.92 Å². The van der Waals surface area contributed by atoms with Gasteiger partial charge in [-0.1, -0.05) is 0 Å². The van der Waals surface area contributed by atoms with Crippen LogP contribution in [0.4, 0.5) is 0 Å². The standard InChI is InChI=1S/C19H25NO6/c1-24-15-7-6-13(11-16(15)25-2)19(23)14-5-4-10-20(12-14)17(21)8-9-18(22)26-3/h6-7,11,14H,4-5,8-10,12H2,1-3H3. The van der Waals surface area contributed by atoms with Crippen LogP contribution in [0.25, 0.3) is 0 Å². The van der Waals surface area contributed by atoms with E-state index in [9.17, 15) is 14.4 Å². The molecule has 0 aliphatic carbocycles. The molecular formula is C19H25NO6. The highest BCUT2D eigenvalue weighted by Gasteiger charge is 2.29. The predicted octanol–water partition coefficient (Wildman–Crippen LogP) is 2.08. The summed E-state index contributed by atoms with van der Waals surface area (Å²) in [5.74, 6) is 0.251. The molecule has 1 aromatic rings. The number of ketones is 1. The molecule has 0 bridgehead atoms. The summed E-state index contributed by atoms with van der Waals surface area (Å²) in [5.41, 5.74) is 0.538. The topological polar surface area (TPSA) is 82.1 Å². The molecule has 7 nitrogen and oxygen atoms in total. The molecular weight excluding hydrogens is 338 g/mol. The lowest BCUT2D eigenvalue weighted by Crippen LogP contribution is -2.42. The minimum atomic E-state index is -0.409. The van der Waals surface area contributed by atoms with Crippen molar-refractivity contribution in [3.8, 4) is 11.5 Å². The normalized spacial score (nSPS) is 16.7. The third-order valence-corrected chi connectivity index (χ3v) is 4.58. The summed E-state index contributed by atoms with van der Waals surface area (Å²) >= 11 is 0. The Morgan fingerprint density at radius 3 is 2.46 bits per heavy atom. The molecule has 142 valence electrons. The van der Waals surface area contributed by atoms with Gasteiger partial charge in [0, 0.05) is 31.0 Å². The Morgan fingerprint density at radius 1 is 1.08 bits per heavy atom. The van der Waals surface area contributed by atoms with Crippen molar-refractivity contribution in [3.05, 3.63) is 23.8 Å². The van der Waals surface area contributed by atoms with Crippen LogP contribution in [0.3, 0.4) is 0 Å². The number of hydrogen-bond acceptors (Lipinski definition) is 6. The number of esters is 1. The highest BCUT2D eigenvalue weighted by molar-refractivity contribution is 5.99. The lowest BCUT2D eigenvalue weighted by atomic mass is 9.89. The summed E-state index contributed by atoms with van der Waals surface area (Å²) in [6.45, 7) is 0.975.